The molecule has 1 aliphatic rings. The SMILES string of the molecule is CC1(C)c2cn(-c3ccccc3)c(n2)C(C)(C)c2[n-]c(c3ccccc23)C(C)(C)c2cn(-c3ccccc3)c(n2)C(C)(C)c2[n-]c1c1ccccc21.[Pt+2]. The molecule has 1 aliphatic heterocycles. The predicted molar refractivity (Wildman–Crippen MR) is 210 cm³/mol. The molecule has 0 saturated carbocycles. The van der Waals surface area contributed by atoms with Crippen molar-refractivity contribution in [3.05, 3.63) is 167 Å². The Morgan fingerprint density at radius 2 is 0.679 bits per heavy atom. The molecule has 9 rings (SSSR count). The number of hydrogen-bond donors (Lipinski definition) is 0. The van der Waals surface area contributed by atoms with E-state index in [9.17, 15) is 0 Å². The molecule has 0 radical (unpaired) electrons. The molecule has 268 valence electrons. The van der Waals surface area contributed by atoms with E-state index in [0.717, 1.165) is 78.7 Å². The largest absolute Gasteiger partial charge is 2.00 e. The Morgan fingerprint density at radius 1 is 0.396 bits per heavy atom. The zero-order chi connectivity index (χ0) is 36.2. The van der Waals surface area contributed by atoms with E-state index in [2.05, 4.69) is 186 Å². The van der Waals surface area contributed by atoms with Crippen molar-refractivity contribution in [3.63, 3.8) is 0 Å². The molecular weight excluding hydrogens is 832 g/mol. The quantitative estimate of drug-likeness (QED) is 0.174. The van der Waals surface area contributed by atoms with E-state index in [1.807, 2.05) is 0 Å². The van der Waals surface area contributed by atoms with E-state index < -0.39 is 21.7 Å². The summed E-state index contributed by atoms with van der Waals surface area (Å²) in [6, 6.07) is 38.4. The second-order valence-electron chi connectivity index (χ2n) is 16.5. The van der Waals surface area contributed by atoms with Crippen LogP contribution in [-0.4, -0.2) is 19.1 Å². The average molecular weight is 876 g/mol. The van der Waals surface area contributed by atoms with Crippen molar-refractivity contribution in [1.29, 1.82) is 0 Å². The molecule has 0 N–H and O–H groups in total. The van der Waals surface area contributed by atoms with Gasteiger partial charge in [0.15, 0.2) is 0 Å². The predicted octanol–water partition coefficient (Wildman–Crippen LogP) is 9.89. The maximum atomic E-state index is 5.64. The smallest absolute Gasteiger partial charge is 0.662 e. The van der Waals surface area contributed by atoms with Gasteiger partial charge in [0, 0.05) is 45.4 Å². The number of benzene rings is 4. The van der Waals surface area contributed by atoms with Crippen molar-refractivity contribution in [3.8, 4) is 11.4 Å². The van der Waals surface area contributed by atoms with Crippen LogP contribution in [0.3, 0.4) is 0 Å². The fourth-order valence-corrected chi connectivity index (χ4v) is 8.43. The molecule has 53 heavy (non-hydrogen) atoms. The third kappa shape index (κ3) is 5.09. The summed E-state index contributed by atoms with van der Waals surface area (Å²) in [4.78, 5) is 22.5. The van der Waals surface area contributed by atoms with E-state index >= 15 is 0 Å². The monoisotopic (exact) mass is 875 g/mol. The van der Waals surface area contributed by atoms with Crippen LogP contribution in [0.1, 0.15) is 101 Å². The molecule has 0 saturated heterocycles. The minimum absolute atomic E-state index is 0. The summed E-state index contributed by atoms with van der Waals surface area (Å²) >= 11 is 0. The molecule has 0 spiro atoms. The van der Waals surface area contributed by atoms with Crippen LogP contribution in [0.25, 0.3) is 32.9 Å². The molecule has 0 atom stereocenters. The second kappa shape index (κ2) is 12.0. The zero-order valence-corrected chi connectivity index (χ0v) is 33.8. The third-order valence-electron chi connectivity index (χ3n) is 11.6. The third-order valence-corrected chi connectivity index (χ3v) is 11.6. The van der Waals surface area contributed by atoms with Crippen LogP contribution in [0, 0.1) is 0 Å². The maximum Gasteiger partial charge on any atom is 2.00 e. The first-order chi connectivity index (χ1) is 24.8. The minimum Gasteiger partial charge on any atom is -0.662 e. The van der Waals surface area contributed by atoms with Crippen molar-refractivity contribution in [2.45, 2.75) is 77.0 Å². The van der Waals surface area contributed by atoms with Gasteiger partial charge in [0.1, 0.15) is 11.6 Å². The first-order valence-electron chi connectivity index (χ1n) is 18.3. The Kier molecular flexibility index (Phi) is 7.98. The molecule has 7 heteroatoms. The van der Waals surface area contributed by atoms with Gasteiger partial charge in [-0.25, -0.2) is 9.97 Å². The van der Waals surface area contributed by atoms with Gasteiger partial charge in [-0.1, -0.05) is 140 Å². The summed E-state index contributed by atoms with van der Waals surface area (Å²) < 4.78 is 4.54. The van der Waals surface area contributed by atoms with Gasteiger partial charge in [0.05, 0.1) is 11.4 Å². The van der Waals surface area contributed by atoms with E-state index in [4.69, 9.17) is 19.9 Å². The molecule has 4 aromatic heterocycles. The van der Waals surface area contributed by atoms with Crippen molar-refractivity contribution >= 4 is 21.5 Å². The summed E-state index contributed by atoms with van der Waals surface area (Å²) in [5.41, 5.74) is 5.88. The zero-order valence-electron chi connectivity index (χ0n) is 31.5. The van der Waals surface area contributed by atoms with Crippen LogP contribution in [0.15, 0.2) is 122 Å². The van der Waals surface area contributed by atoms with Crippen molar-refractivity contribution in [2.24, 2.45) is 0 Å². The van der Waals surface area contributed by atoms with Gasteiger partial charge in [-0.2, -0.15) is 0 Å². The first-order valence-corrected chi connectivity index (χ1v) is 18.3. The van der Waals surface area contributed by atoms with Gasteiger partial charge in [0.2, 0.25) is 0 Å². The van der Waals surface area contributed by atoms with Gasteiger partial charge in [0.25, 0.3) is 0 Å². The van der Waals surface area contributed by atoms with Crippen LogP contribution in [0.2, 0.25) is 0 Å². The summed E-state index contributed by atoms with van der Waals surface area (Å²) in [7, 11) is 0. The molecular formula is C46H44N6Pt. The number of fused-ring (bicyclic) bond motifs is 14. The number of para-hydroxylation sites is 2. The standard InChI is InChI=1S/C46H44N6.Pt/c1-43(2)35-27-51(29-19-11-9-12-20-29)41(47-35)46(7,8)40-34-26-18-16-24-32(34)38(50-40)44(3,4)36-28-52(30-21-13-10-14-22-30)42(48-36)45(5,6)39-33-25-17-15-23-31(33)37(43)49-39;/h9-28H,1-8H3;/q-2;+2. The number of nitrogens with zero attached hydrogens (tertiary/aromatic N) is 6. The molecule has 8 aromatic rings. The second-order valence-corrected chi connectivity index (χ2v) is 16.5. The molecule has 0 fully saturated rings. The normalized spacial score (nSPS) is 16.8. The molecule has 0 amide bonds. The maximum absolute atomic E-state index is 5.64. The fraction of sp³-hybridized carbons (Fsp3) is 0.261. The molecule has 6 nitrogen and oxygen atoms in total. The Labute approximate surface area is 326 Å². The van der Waals surface area contributed by atoms with E-state index in [1.165, 1.54) is 0 Å². The topological polar surface area (TPSA) is 63.8 Å². The van der Waals surface area contributed by atoms with Gasteiger partial charge in [-0.3, -0.25) is 0 Å². The number of aromatic nitrogens is 6. The van der Waals surface area contributed by atoms with Crippen LogP contribution in [0.5, 0.6) is 0 Å². The van der Waals surface area contributed by atoms with E-state index in [0.29, 0.717) is 0 Å². The summed E-state index contributed by atoms with van der Waals surface area (Å²) in [5.74, 6) is 1.88. The molecule has 4 aromatic carbocycles. The molecule has 5 heterocycles. The first kappa shape index (κ1) is 35.1. The van der Waals surface area contributed by atoms with Gasteiger partial charge < -0.3 is 19.1 Å². The Balaban J connectivity index is 0.00000400. The number of imidazole rings is 2. The Bertz CT molecular complexity index is 2440. The van der Waals surface area contributed by atoms with Crippen LogP contribution in [0.4, 0.5) is 0 Å². The molecule has 0 aliphatic carbocycles. The van der Waals surface area contributed by atoms with Crippen LogP contribution < -0.4 is 9.97 Å². The van der Waals surface area contributed by atoms with Crippen LogP contribution >= 0.6 is 0 Å². The van der Waals surface area contributed by atoms with Gasteiger partial charge in [-0.15, -0.1) is 22.8 Å². The van der Waals surface area contributed by atoms with E-state index in [-0.39, 0.29) is 21.1 Å². The van der Waals surface area contributed by atoms with Crippen LogP contribution in [-0.2, 0) is 42.7 Å². The summed E-state index contributed by atoms with van der Waals surface area (Å²) in [6.45, 7) is 18.1. The number of hydrogen-bond acceptors (Lipinski definition) is 2. The Hall–Kier alpha value is -4.93. The number of rotatable bonds is 2. The summed E-state index contributed by atoms with van der Waals surface area (Å²) in [6.07, 6.45) is 4.45. The summed E-state index contributed by atoms with van der Waals surface area (Å²) in [5, 5.41) is 4.56. The van der Waals surface area contributed by atoms with Crippen molar-refractivity contribution < 1.29 is 21.1 Å². The average Bonchev–Trinajstić information content (AvgIpc) is 3.95. The van der Waals surface area contributed by atoms with Gasteiger partial charge in [-0.05, 0) is 45.8 Å². The molecule has 8 bridgehead atoms. The van der Waals surface area contributed by atoms with Crippen molar-refractivity contribution in [2.75, 3.05) is 0 Å². The van der Waals surface area contributed by atoms with Crippen molar-refractivity contribution in [1.82, 2.24) is 29.1 Å². The van der Waals surface area contributed by atoms with E-state index in [1.54, 1.807) is 0 Å². The fourth-order valence-electron chi connectivity index (χ4n) is 8.43. The molecule has 0 unspecified atom stereocenters. The Morgan fingerprint density at radius 3 is 1.00 bits per heavy atom. The van der Waals surface area contributed by atoms with Gasteiger partial charge >= 0.3 is 21.1 Å². The minimum atomic E-state index is -0.571.